The lowest BCUT2D eigenvalue weighted by Crippen LogP contribution is -2.38. The third-order valence-electron chi connectivity index (χ3n) is 2.52. The molecule has 2 nitrogen and oxygen atoms in total. The van der Waals surface area contributed by atoms with Gasteiger partial charge in [-0.3, -0.25) is 4.79 Å². The van der Waals surface area contributed by atoms with Crippen molar-refractivity contribution in [2.45, 2.75) is 36.7 Å². The first kappa shape index (κ1) is 13.5. The molecule has 1 aliphatic rings. The largest absolute Gasteiger partial charge is 0.471 e. The van der Waals surface area contributed by atoms with Crippen LogP contribution in [0, 0.1) is 0 Å². The van der Waals surface area contributed by atoms with Gasteiger partial charge in [0.15, 0.2) is 0 Å². The van der Waals surface area contributed by atoms with Crippen molar-refractivity contribution >= 4 is 21.8 Å². The molecule has 0 aromatic carbocycles. The second-order valence-corrected chi connectivity index (χ2v) is 6.07. The molecule has 1 N–H and O–H groups in total. The summed E-state index contributed by atoms with van der Waals surface area (Å²) < 4.78 is 35.7. The Bertz CT molecular complexity index is 310. The van der Waals surface area contributed by atoms with Gasteiger partial charge in [0.05, 0.1) is 0 Å². The van der Waals surface area contributed by atoms with Crippen LogP contribution in [0.5, 0.6) is 0 Å². The van der Waals surface area contributed by atoms with Crippen LogP contribution in [0.25, 0.3) is 0 Å². The Hall–Kier alpha value is -0.520. The summed E-state index contributed by atoms with van der Waals surface area (Å²) in [6.07, 6.45) is -0.571. The highest BCUT2D eigenvalue weighted by atomic mass is 79.9. The van der Waals surface area contributed by atoms with Crippen molar-refractivity contribution < 1.29 is 18.0 Å². The van der Waals surface area contributed by atoms with Crippen LogP contribution >= 0.6 is 15.9 Å². The van der Waals surface area contributed by atoms with E-state index in [1.807, 2.05) is 18.3 Å². The summed E-state index contributed by atoms with van der Waals surface area (Å²) in [5, 5.41) is 1.87. The Morgan fingerprint density at radius 2 is 2.25 bits per heavy atom. The fourth-order valence-electron chi connectivity index (χ4n) is 1.44. The number of amides is 1. The highest BCUT2D eigenvalue weighted by Crippen LogP contribution is 2.34. The monoisotopic (exact) mass is 299 g/mol. The Labute approximate surface area is 100 Å². The molecule has 6 heteroatoms. The van der Waals surface area contributed by atoms with Crippen LogP contribution in [0.15, 0.2) is 11.6 Å². The molecule has 1 unspecified atom stereocenters. The lowest BCUT2D eigenvalue weighted by Gasteiger charge is -2.26. The van der Waals surface area contributed by atoms with Crippen LogP contribution in [0.1, 0.15) is 26.2 Å². The molecule has 16 heavy (non-hydrogen) atoms. The molecule has 92 valence electrons. The minimum atomic E-state index is -4.79. The molecule has 0 aromatic heterocycles. The zero-order valence-electron chi connectivity index (χ0n) is 8.83. The molecule has 1 amide bonds. The molecular formula is C10H13BrF3NO. The molecule has 1 aliphatic carbocycles. The zero-order chi connectivity index (χ0) is 12.4. The van der Waals surface area contributed by atoms with Crippen molar-refractivity contribution in [2.75, 3.05) is 6.54 Å². The van der Waals surface area contributed by atoms with E-state index in [0.29, 0.717) is 6.42 Å². The summed E-state index contributed by atoms with van der Waals surface area (Å²) in [4.78, 5) is 10.6. The summed E-state index contributed by atoms with van der Waals surface area (Å²) in [6, 6.07) is 0. The van der Waals surface area contributed by atoms with Gasteiger partial charge in [0.2, 0.25) is 0 Å². The molecule has 0 saturated heterocycles. The minimum Gasteiger partial charge on any atom is -0.345 e. The molecule has 0 aliphatic heterocycles. The van der Waals surface area contributed by atoms with Crippen molar-refractivity contribution in [1.82, 2.24) is 5.32 Å². The Morgan fingerprint density at radius 1 is 1.62 bits per heavy atom. The third-order valence-corrected chi connectivity index (χ3v) is 3.24. The zero-order valence-corrected chi connectivity index (χ0v) is 10.4. The smallest absolute Gasteiger partial charge is 0.345 e. The maximum atomic E-state index is 11.9. The topological polar surface area (TPSA) is 29.1 Å². The van der Waals surface area contributed by atoms with Crippen LogP contribution in [-0.2, 0) is 4.79 Å². The summed E-state index contributed by atoms with van der Waals surface area (Å²) in [5.74, 6) is -1.87. The highest BCUT2D eigenvalue weighted by Gasteiger charge is 2.38. The quantitative estimate of drug-likeness (QED) is 0.616. The first-order valence-corrected chi connectivity index (χ1v) is 5.72. The Balaban J connectivity index is 2.41. The van der Waals surface area contributed by atoms with Crippen molar-refractivity contribution in [1.29, 1.82) is 0 Å². The van der Waals surface area contributed by atoms with E-state index >= 15 is 0 Å². The summed E-state index contributed by atoms with van der Waals surface area (Å²) in [6.45, 7) is 2.02. The first-order chi connectivity index (χ1) is 7.21. The standard InChI is InChI=1S/C10H13BrF3NO/c1-9(11)4-2-7(3-5-9)6-15-8(16)10(12,13)14/h2H,3-6H2,1H3,(H,15,16). The van der Waals surface area contributed by atoms with Gasteiger partial charge in [-0.25, -0.2) is 0 Å². The first-order valence-electron chi connectivity index (χ1n) is 4.92. The van der Waals surface area contributed by atoms with Crippen LogP contribution in [0.3, 0.4) is 0 Å². The normalized spacial score (nSPS) is 26.2. The van der Waals surface area contributed by atoms with E-state index in [2.05, 4.69) is 15.9 Å². The van der Waals surface area contributed by atoms with E-state index in [4.69, 9.17) is 0 Å². The maximum absolute atomic E-state index is 11.9. The van der Waals surface area contributed by atoms with E-state index in [9.17, 15) is 18.0 Å². The maximum Gasteiger partial charge on any atom is 0.471 e. The summed E-state index contributed by atoms with van der Waals surface area (Å²) >= 11 is 3.52. The van der Waals surface area contributed by atoms with Gasteiger partial charge in [-0.1, -0.05) is 27.6 Å². The number of rotatable bonds is 2. The number of nitrogens with one attached hydrogen (secondary N) is 1. The lowest BCUT2D eigenvalue weighted by atomic mass is 9.91. The van der Waals surface area contributed by atoms with E-state index in [1.165, 1.54) is 0 Å². The number of hydrogen-bond donors (Lipinski definition) is 1. The SMILES string of the molecule is CC1(Br)CC=C(CNC(=O)C(F)(F)F)CC1. The van der Waals surface area contributed by atoms with Gasteiger partial charge in [0.25, 0.3) is 0 Å². The number of alkyl halides is 4. The predicted octanol–water partition coefficient (Wildman–Crippen LogP) is 2.93. The van der Waals surface area contributed by atoms with Gasteiger partial charge in [-0.05, 0) is 26.2 Å². The molecule has 0 spiro atoms. The van der Waals surface area contributed by atoms with E-state index in [0.717, 1.165) is 18.4 Å². The van der Waals surface area contributed by atoms with Crippen LogP contribution in [0.4, 0.5) is 13.2 Å². The molecule has 1 rings (SSSR count). The molecule has 0 bridgehead atoms. The number of carbonyl (C=O) groups excluding carboxylic acids is 1. The van der Waals surface area contributed by atoms with Gasteiger partial charge in [-0.2, -0.15) is 13.2 Å². The second kappa shape index (κ2) is 4.77. The van der Waals surface area contributed by atoms with Gasteiger partial charge < -0.3 is 5.32 Å². The highest BCUT2D eigenvalue weighted by molar-refractivity contribution is 9.10. The average Bonchev–Trinajstić information content (AvgIpc) is 2.14. The van der Waals surface area contributed by atoms with E-state index in [1.54, 1.807) is 0 Å². The second-order valence-electron chi connectivity index (χ2n) is 4.16. The number of allylic oxidation sites excluding steroid dienone is 1. The fraction of sp³-hybridized carbons (Fsp3) is 0.700. The number of hydrogen-bond acceptors (Lipinski definition) is 1. The molecule has 0 radical (unpaired) electrons. The van der Waals surface area contributed by atoms with Crippen LogP contribution < -0.4 is 5.32 Å². The van der Waals surface area contributed by atoms with Gasteiger partial charge in [-0.15, -0.1) is 0 Å². The number of carbonyl (C=O) groups is 1. The summed E-state index contributed by atoms with van der Waals surface area (Å²) in [5.41, 5.74) is 0.856. The molecule has 0 fully saturated rings. The van der Waals surface area contributed by atoms with Crippen molar-refractivity contribution in [3.63, 3.8) is 0 Å². The number of halogens is 4. The van der Waals surface area contributed by atoms with Crippen molar-refractivity contribution in [3.8, 4) is 0 Å². The molecule has 0 heterocycles. The third kappa shape index (κ3) is 4.15. The average molecular weight is 300 g/mol. The van der Waals surface area contributed by atoms with Gasteiger partial charge in [0, 0.05) is 10.9 Å². The van der Waals surface area contributed by atoms with Crippen molar-refractivity contribution in [2.24, 2.45) is 0 Å². The Morgan fingerprint density at radius 3 is 2.69 bits per heavy atom. The minimum absolute atomic E-state index is 0.0125. The van der Waals surface area contributed by atoms with Crippen molar-refractivity contribution in [3.05, 3.63) is 11.6 Å². The predicted molar refractivity (Wildman–Crippen MR) is 58.3 cm³/mol. The molecule has 1 atom stereocenters. The molecule has 0 saturated carbocycles. The van der Waals surface area contributed by atoms with Crippen LogP contribution in [0.2, 0.25) is 0 Å². The van der Waals surface area contributed by atoms with Gasteiger partial charge >= 0.3 is 12.1 Å². The Kier molecular flexibility index (Phi) is 4.04. The molecular weight excluding hydrogens is 287 g/mol. The van der Waals surface area contributed by atoms with E-state index in [-0.39, 0.29) is 10.9 Å². The summed E-state index contributed by atoms with van der Waals surface area (Å²) in [7, 11) is 0. The molecule has 0 aromatic rings. The van der Waals surface area contributed by atoms with E-state index < -0.39 is 12.1 Å². The lowest BCUT2D eigenvalue weighted by molar-refractivity contribution is -0.173. The van der Waals surface area contributed by atoms with Gasteiger partial charge in [0.1, 0.15) is 0 Å². The van der Waals surface area contributed by atoms with Crippen LogP contribution in [-0.4, -0.2) is 23.0 Å². The fourth-order valence-corrected chi connectivity index (χ4v) is 1.80.